The standard InChI is InChI=1S/C44H64N6O11/c1-26(2)22-31(38(54)49-36(41(57)58)27(3)60-43(4,5)6)47-37(53)32(23-28-14-11-10-12-15-28)46-35(52)25-45-39(55)34-16-13-21-50(34)40(56)33(48-42(59)61-44(7,8)9)24-29-17-19-30(51)20-18-29/h10-12,14-15,17-20,26-27,31-34,36,51H,13,16,21-25H2,1-9H3,(H,45,55)(H,46,52)(H,47,53)(H,48,59)(H,49,54)(H,57,58)/t27?,31-,32-,33-,34-,36-/m0/s1. The van der Waals surface area contributed by atoms with Crippen molar-refractivity contribution in [2.75, 3.05) is 13.1 Å². The highest BCUT2D eigenvalue weighted by Crippen LogP contribution is 2.21. The number of amides is 6. The second-order valence-corrected chi connectivity index (χ2v) is 17.7. The lowest BCUT2D eigenvalue weighted by Gasteiger charge is -2.31. The molecule has 1 aliphatic rings. The first-order valence-electron chi connectivity index (χ1n) is 20.6. The summed E-state index contributed by atoms with van der Waals surface area (Å²) in [7, 11) is 0. The minimum absolute atomic E-state index is 0.0224. The molecular formula is C44H64N6O11. The number of alkyl carbamates (subject to hydrolysis) is 1. The number of nitrogens with one attached hydrogen (secondary N) is 5. The van der Waals surface area contributed by atoms with Gasteiger partial charge in [0.1, 0.15) is 35.5 Å². The van der Waals surface area contributed by atoms with Gasteiger partial charge in [-0.2, -0.15) is 0 Å². The van der Waals surface area contributed by atoms with Crippen LogP contribution in [0.3, 0.4) is 0 Å². The van der Waals surface area contributed by atoms with E-state index in [1.807, 2.05) is 13.8 Å². The number of rotatable bonds is 19. The normalized spacial score (nSPS) is 16.6. The maximum absolute atomic E-state index is 14.0. The van der Waals surface area contributed by atoms with Gasteiger partial charge in [-0.25, -0.2) is 9.59 Å². The van der Waals surface area contributed by atoms with Gasteiger partial charge in [-0.15, -0.1) is 0 Å². The number of carbonyl (C=O) groups excluding carboxylic acids is 6. The van der Waals surface area contributed by atoms with Crippen molar-refractivity contribution < 1.29 is 53.2 Å². The smallest absolute Gasteiger partial charge is 0.408 e. The summed E-state index contributed by atoms with van der Waals surface area (Å²) >= 11 is 0. The molecule has 2 aromatic carbocycles. The molecule has 0 aliphatic carbocycles. The predicted octanol–water partition coefficient (Wildman–Crippen LogP) is 2.97. The third-order valence-corrected chi connectivity index (χ3v) is 9.47. The fraction of sp³-hybridized carbons (Fsp3) is 0.568. The molecular weight excluding hydrogens is 789 g/mol. The predicted molar refractivity (Wildman–Crippen MR) is 226 cm³/mol. The van der Waals surface area contributed by atoms with E-state index in [0.29, 0.717) is 24.0 Å². The lowest BCUT2D eigenvalue weighted by Crippen LogP contribution is -2.59. The number of hydrogen-bond acceptors (Lipinski definition) is 10. The van der Waals surface area contributed by atoms with E-state index in [0.717, 1.165) is 0 Å². The Balaban J connectivity index is 1.75. The lowest BCUT2D eigenvalue weighted by molar-refractivity contribution is -0.150. The van der Waals surface area contributed by atoms with Crippen LogP contribution in [0.15, 0.2) is 54.6 Å². The highest BCUT2D eigenvalue weighted by atomic mass is 16.6. The fourth-order valence-electron chi connectivity index (χ4n) is 6.85. The van der Waals surface area contributed by atoms with E-state index < -0.39 is 95.7 Å². The Morgan fingerprint density at radius 3 is 1.92 bits per heavy atom. The summed E-state index contributed by atoms with van der Waals surface area (Å²) in [4.78, 5) is 94.9. The largest absolute Gasteiger partial charge is 0.508 e. The van der Waals surface area contributed by atoms with E-state index in [-0.39, 0.29) is 37.5 Å². The SMILES string of the molecule is CC(C)C[C@H](NC(=O)[C@H](Cc1ccccc1)NC(=O)CNC(=O)[C@@H]1CCCN1C(=O)[C@H](Cc1ccc(O)cc1)NC(=O)OC(C)(C)C)C(=O)N[C@H](C(=O)O)C(C)OC(C)(C)C. The summed E-state index contributed by atoms with van der Waals surface area (Å²) < 4.78 is 11.2. The minimum atomic E-state index is -1.42. The van der Waals surface area contributed by atoms with Crippen LogP contribution in [0.1, 0.15) is 92.7 Å². The molecule has 17 nitrogen and oxygen atoms in total. The van der Waals surface area contributed by atoms with Crippen molar-refractivity contribution in [2.45, 2.75) is 142 Å². The Bertz CT molecular complexity index is 1830. The van der Waals surface area contributed by atoms with Gasteiger partial charge >= 0.3 is 12.1 Å². The molecule has 1 aliphatic heterocycles. The average Bonchev–Trinajstić information content (AvgIpc) is 3.64. The van der Waals surface area contributed by atoms with Gasteiger partial charge in [0.2, 0.25) is 29.5 Å². The van der Waals surface area contributed by atoms with Gasteiger partial charge in [-0.05, 0) is 96.9 Å². The molecule has 0 spiro atoms. The first kappa shape index (κ1) is 49.7. The first-order chi connectivity index (χ1) is 28.4. The van der Waals surface area contributed by atoms with E-state index in [1.54, 1.807) is 84.0 Å². The highest BCUT2D eigenvalue weighted by Gasteiger charge is 2.39. The van der Waals surface area contributed by atoms with Gasteiger partial charge in [0.15, 0.2) is 6.04 Å². The Kier molecular flexibility index (Phi) is 18.1. The molecule has 1 heterocycles. The van der Waals surface area contributed by atoms with E-state index in [4.69, 9.17) is 9.47 Å². The molecule has 1 saturated heterocycles. The molecule has 1 unspecified atom stereocenters. The van der Waals surface area contributed by atoms with Crippen molar-refractivity contribution in [3.05, 3.63) is 65.7 Å². The van der Waals surface area contributed by atoms with Crippen LogP contribution in [0.5, 0.6) is 5.75 Å². The van der Waals surface area contributed by atoms with Gasteiger partial charge in [0.25, 0.3) is 0 Å². The van der Waals surface area contributed by atoms with Crippen molar-refractivity contribution in [3.63, 3.8) is 0 Å². The summed E-state index contributed by atoms with van der Waals surface area (Å²) in [6.07, 6.45) is -0.742. The Hall–Kier alpha value is -5.71. The Labute approximate surface area is 358 Å². The molecule has 2 aromatic rings. The minimum Gasteiger partial charge on any atom is -0.508 e. The molecule has 0 saturated carbocycles. The lowest BCUT2D eigenvalue weighted by atomic mass is 10.0. The number of carbonyl (C=O) groups is 7. The molecule has 6 atom stereocenters. The monoisotopic (exact) mass is 852 g/mol. The van der Waals surface area contributed by atoms with E-state index in [9.17, 15) is 43.8 Å². The van der Waals surface area contributed by atoms with E-state index in [1.165, 1.54) is 24.0 Å². The van der Waals surface area contributed by atoms with Crippen LogP contribution in [0.4, 0.5) is 4.79 Å². The maximum Gasteiger partial charge on any atom is 0.408 e. The average molecular weight is 853 g/mol. The second kappa shape index (κ2) is 22.2. The van der Waals surface area contributed by atoms with Crippen molar-refractivity contribution in [2.24, 2.45) is 5.92 Å². The Morgan fingerprint density at radius 1 is 0.754 bits per heavy atom. The zero-order chi connectivity index (χ0) is 45.7. The van der Waals surface area contributed by atoms with Crippen LogP contribution >= 0.6 is 0 Å². The third kappa shape index (κ3) is 17.1. The number of carboxylic acid groups (broad SMARTS) is 1. The Morgan fingerprint density at radius 2 is 1.34 bits per heavy atom. The first-order valence-corrected chi connectivity index (χ1v) is 20.6. The molecule has 7 N–H and O–H groups in total. The van der Waals surface area contributed by atoms with Crippen LogP contribution in [0.25, 0.3) is 0 Å². The number of ether oxygens (including phenoxy) is 2. The second-order valence-electron chi connectivity index (χ2n) is 17.7. The van der Waals surface area contributed by atoms with Crippen LogP contribution < -0.4 is 26.6 Å². The van der Waals surface area contributed by atoms with Crippen molar-refractivity contribution >= 4 is 41.6 Å². The fourth-order valence-corrected chi connectivity index (χ4v) is 6.85. The van der Waals surface area contributed by atoms with Crippen LogP contribution in [0, 0.1) is 5.92 Å². The molecule has 61 heavy (non-hydrogen) atoms. The van der Waals surface area contributed by atoms with Crippen LogP contribution in [-0.4, -0.2) is 117 Å². The van der Waals surface area contributed by atoms with Gasteiger partial charge in [0, 0.05) is 19.4 Å². The van der Waals surface area contributed by atoms with E-state index in [2.05, 4.69) is 26.6 Å². The molecule has 336 valence electrons. The molecule has 0 bridgehead atoms. The highest BCUT2D eigenvalue weighted by molar-refractivity contribution is 5.96. The number of benzene rings is 2. The van der Waals surface area contributed by atoms with Gasteiger partial charge in [0.05, 0.1) is 18.2 Å². The molecule has 6 amide bonds. The quantitative estimate of drug-likeness (QED) is 0.108. The van der Waals surface area contributed by atoms with Gasteiger partial charge in [-0.1, -0.05) is 56.3 Å². The summed E-state index contributed by atoms with van der Waals surface area (Å²) in [6, 6.07) is 9.11. The number of phenolic OH excluding ortho intramolecular Hbond substituents is 1. The number of likely N-dealkylation sites (tertiary alicyclic amines) is 1. The van der Waals surface area contributed by atoms with E-state index >= 15 is 0 Å². The maximum atomic E-state index is 14.0. The molecule has 0 radical (unpaired) electrons. The van der Waals surface area contributed by atoms with Gasteiger partial charge in [-0.3, -0.25) is 24.0 Å². The zero-order valence-corrected chi connectivity index (χ0v) is 36.7. The summed E-state index contributed by atoms with van der Waals surface area (Å²) in [6.45, 7) is 15.2. The summed E-state index contributed by atoms with van der Waals surface area (Å²) in [5, 5.41) is 32.8. The number of phenols is 1. The topological polar surface area (TPSA) is 242 Å². The van der Waals surface area contributed by atoms with Gasteiger partial charge < -0.3 is 51.2 Å². The van der Waals surface area contributed by atoms with Crippen molar-refractivity contribution in [1.82, 2.24) is 31.5 Å². The molecule has 17 heteroatoms. The summed E-state index contributed by atoms with van der Waals surface area (Å²) in [5.74, 6) is -4.70. The van der Waals surface area contributed by atoms with Crippen LogP contribution in [0.2, 0.25) is 0 Å². The molecule has 0 aromatic heterocycles. The number of nitrogens with zero attached hydrogens (tertiary/aromatic N) is 1. The third-order valence-electron chi connectivity index (χ3n) is 9.47. The summed E-state index contributed by atoms with van der Waals surface area (Å²) in [5.41, 5.74) is -0.208. The van der Waals surface area contributed by atoms with Crippen molar-refractivity contribution in [3.8, 4) is 5.75 Å². The van der Waals surface area contributed by atoms with Crippen LogP contribution in [-0.2, 0) is 51.1 Å². The molecule has 3 rings (SSSR count). The van der Waals surface area contributed by atoms with Crippen molar-refractivity contribution in [1.29, 1.82) is 0 Å². The number of hydrogen-bond donors (Lipinski definition) is 7. The number of aliphatic carboxylic acids is 1. The number of aromatic hydroxyl groups is 1. The molecule has 1 fully saturated rings. The number of carboxylic acids is 1. The zero-order valence-electron chi connectivity index (χ0n) is 36.7.